The maximum atomic E-state index is 13.1. The van der Waals surface area contributed by atoms with Crippen molar-refractivity contribution in [3.05, 3.63) is 47.4 Å². The molecule has 1 aliphatic rings. The van der Waals surface area contributed by atoms with E-state index in [4.69, 9.17) is 0 Å². The first-order valence-electron chi connectivity index (χ1n) is 11.3. The average Bonchev–Trinajstić information content (AvgIpc) is 3.42. The minimum absolute atomic E-state index is 0.0450. The predicted molar refractivity (Wildman–Crippen MR) is 132 cm³/mol. The van der Waals surface area contributed by atoms with E-state index in [1.54, 1.807) is 23.9 Å². The largest absolute Gasteiger partial charge is 0.345 e. The van der Waals surface area contributed by atoms with Gasteiger partial charge >= 0.3 is 0 Å². The van der Waals surface area contributed by atoms with Gasteiger partial charge in [-0.2, -0.15) is 5.10 Å². The highest BCUT2D eigenvalue weighted by molar-refractivity contribution is 7.19. The molecule has 1 amide bonds. The van der Waals surface area contributed by atoms with Crippen LogP contribution in [0, 0.1) is 5.92 Å². The van der Waals surface area contributed by atoms with E-state index in [9.17, 15) is 4.79 Å². The summed E-state index contributed by atoms with van der Waals surface area (Å²) in [6.45, 7) is 1.79. The summed E-state index contributed by atoms with van der Waals surface area (Å²) in [6.07, 6.45) is 8.86. The smallest absolute Gasteiger partial charge is 0.225 e. The van der Waals surface area contributed by atoms with Crippen molar-refractivity contribution < 1.29 is 4.79 Å². The van der Waals surface area contributed by atoms with Crippen molar-refractivity contribution in [2.45, 2.75) is 25.7 Å². The summed E-state index contributed by atoms with van der Waals surface area (Å²) in [4.78, 5) is 28.5. The second-order valence-electron chi connectivity index (χ2n) is 9.00. The van der Waals surface area contributed by atoms with Crippen LogP contribution in [0.4, 0.5) is 11.5 Å². The molecule has 0 aromatic carbocycles. The Balaban J connectivity index is 1.35. The van der Waals surface area contributed by atoms with Crippen LogP contribution in [-0.4, -0.2) is 69.5 Å². The van der Waals surface area contributed by atoms with Gasteiger partial charge in [-0.25, -0.2) is 14.5 Å². The molecule has 4 aromatic heterocycles. The normalized spacial score (nSPS) is 15.8. The molecular weight excluding hydrogens is 434 g/mol. The fourth-order valence-electron chi connectivity index (χ4n) is 4.60. The first-order valence-corrected chi connectivity index (χ1v) is 12.2. The molecule has 172 valence electrons. The SMILES string of the molecule is CN(C)CCCN(C)C(=O)C1CCc2c(sc3ncnc(Nc4ccn5nccc5c4)c23)C1. The highest BCUT2D eigenvalue weighted by atomic mass is 32.1. The number of pyridine rings is 1. The Bertz CT molecular complexity index is 1290. The van der Waals surface area contributed by atoms with Gasteiger partial charge in [-0.1, -0.05) is 0 Å². The maximum Gasteiger partial charge on any atom is 0.225 e. The number of fused-ring (bicyclic) bond motifs is 4. The Kier molecular flexibility index (Phi) is 5.99. The number of thiophene rings is 1. The van der Waals surface area contributed by atoms with Gasteiger partial charge in [0.2, 0.25) is 5.91 Å². The van der Waals surface area contributed by atoms with Gasteiger partial charge in [0, 0.05) is 42.5 Å². The Morgan fingerprint density at radius 2 is 2.12 bits per heavy atom. The molecule has 0 radical (unpaired) electrons. The summed E-state index contributed by atoms with van der Waals surface area (Å²) in [7, 11) is 6.06. The topological polar surface area (TPSA) is 78.7 Å². The number of carbonyl (C=O) groups is 1. The molecule has 0 fully saturated rings. The lowest BCUT2D eigenvalue weighted by molar-refractivity contribution is -0.134. The fourth-order valence-corrected chi connectivity index (χ4v) is 5.86. The number of anilines is 2. The molecule has 0 saturated heterocycles. The molecule has 1 aliphatic carbocycles. The van der Waals surface area contributed by atoms with Crippen molar-refractivity contribution in [3.8, 4) is 0 Å². The zero-order valence-corrected chi connectivity index (χ0v) is 20.1. The summed E-state index contributed by atoms with van der Waals surface area (Å²) in [5.41, 5.74) is 3.28. The molecule has 4 aromatic rings. The average molecular weight is 464 g/mol. The molecule has 1 unspecified atom stereocenters. The van der Waals surface area contributed by atoms with Crippen LogP contribution in [0.3, 0.4) is 0 Å². The molecule has 0 spiro atoms. The predicted octanol–water partition coefficient (Wildman–Crippen LogP) is 3.60. The lowest BCUT2D eigenvalue weighted by Gasteiger charge is -2.27. The van der Waals surface area contributed by atoms with E-state index in [0.717, 1.165) is 66.0 Å². The molecule has 0 bridgehead atoms. The van der Waals surface area contributed by atoms with Gasteiger partial charge in [0.25, 0.3) is 0 Å². The van der Waals surface area contributed by atoms with Crippen LogP contribution in [0.15, 0.2) is 36.9 Å². The molecule has 33 heavy (non-hydrogen) atoms. The molecule has 4 heterocycles. The summed E-state index contributed by atoms with van der Waals surface area (Å²) in [5, 5.41) is 8.83. The Hall–Kier alpha value is -3.04. The number of rotatable bonds is 7. The second-order valence-corrected chi connectivity index (χ2v) is 10.1. The van der Waals surface area contributed by atoms with Crippen LogP contribution in [-0.2, 0) is 17.6 Å². The molecule has 5 rings (SSSR count). The number of aryl methyl sites for hydroxylation is 1. The summed E-state index contributed by atoms with van der Waals surface area (Å²) in [5.74, 6) is 1.13. The first-order chi connectivity index (χ1) is 16.0. The van der Waals surface area contributed by atoms with E-state index in [0.29, 0.717) is 0 Å². The minimum Gasteiger partial charge on any atom is -0.345 e. The second kappa shape index (κ2) is 9.07. The van der Waals surface area contributed by atoms with Crippen molar-refractivity contribution in [2.24, 2.45) is 5.92 Å². The zero-order valence-electron chi connectivity index (χ0n) is 19.3. The summed E-state index contributed by atoms with van der Waals surface area (Å²) in [6, 6.07) is 6.02. The highest BCUT2D eigenvalue weighted by Gasteiger charge is 2.30. The number of aromatic nitrogens is 4. The van der Waals surface area contributed by atoms with Gasteiger partial charge in [-0.05, 0) is 70.1 Å². The van der Waals surface area contributed by atoms with Crippen molar-refractivity contribution in [1.82, 2.24) is 29.4 Å². The third-order valence-corrected chi connectivity index (χ3v) is 7.49. The number of hydrogen-bond acceptors (Lipinski definition) is 7. The van der Waals surface area contributed by atoms with Crippen LogP contribution < -0.4 is 5.32 Å². The number of hydrogen-bond donors (Lipinski definition) is 1. The van der Waals surface area contributed by atoms with E-state index in [1.165, 1.54) is 10.4 Å². The first kappa shape index (κ1) is 21.8. The summed E-state index contributed by atoms with van der Waals surface area (Å²) >= 11 is 1.70. The van der Waals surface area contributed by atoms with Gasteiger partial charge in [-0.15, -0.1) is 11.3 Å². The molecule has 9 heteroatoms. The van der Waals surface area contributed by atoms with Crippen molar-refractivity contribution in [3.63, 3.8) is 0 Å². The van der Waals surface area contributed by atoms with Gasteiger partial charge in [0.1, 0.15) is 17.0 Å². The minimum atomic E-state index is 0.0450. The van der Waals surface area contributed by atoms with Crippen molar-refractivity contribution in [1.29, 1.82) is 0 Å². The molecule has 0 aliphatic heterocycles. The van der Waals surface area contributed by atoms with Gasteiger partial charge in [-0.3, -0.25) is 4.79 Å². The Morgan fingerprint density at radius 1 is 1.24 bits per heavy atom. The molecular formula is C24H29N7OS. The van der Waals surface area contributed by atoms with Crippen molar-refractivity contribution in [2.75, 3.05) is 39.5 Å². The van der Waals surface area contributed by atoms with Crippen LogP contribution >= 0.6 is 11.3 Å². The van der Waals surface area contributed by atoms with Crippen LogP contribution in [0.25, 0.3) is 15.7 Å². The third-order valence-electron chi connectivity index (χ3n) is 6.33. The number of amides is 1. The molecule has 1 N–H and O–H groups in total. The lowest BCUT2D eigenvalue weighted by Crippen LogP contribution is -2.36. The maximum absolute atomic E-state index is 13.1. The van der Waals surface area contributed by atoms with E-state index in [1.807, 2.05) is 34.8 Å². The fraction of sp³-hybridized carbons (Fsp3) is 0.417. The van der Waals surface area contributed by atoms with Crippen LogP contribution in [0.1, 0.15) is 23.3 Å². The van der Waals surface area contributed by atoms with Gasteiger partial charge in [0.05, 0.1) is 10.9 Å². The van der Waals surface area contributed by atoms with Gasteiger partial charge in [0.15, 0.2) is 0 Å². The Morgan fingerprint density at radius 3 is 2.97 bits per heavy atom. The van der Waals surface area contributed by atoms with E-state index >= 15 is 0 Å². The number of nitrogens with zero attached hydrogens (tertiary/aromatic N) is 6. The third kappa shape index (κ3) is 4.43. The van der Waals surface area contributed by atoms with Gasteiger partial charge < -0.3 is 15.1 Å². The highest BCUT2D eigenvalue weighted by Crippen LogP contribution is 2.40. The standard InChI is InChI=1S/C24H29N7OS/c1-29(2)10-4-11-30(3)24(32)16-5-6-19-20(13-16)33-23-21(19)22(25-15-26-23)28-17-8-12-31-18(14-17)7-9-27-31/h7-9,12,14-16H,4-6,10-11,13H2,1-3H3,(H,25,26,28). The number of nitrogens with one attached hydrogen (secondary N) is 1. The molecule has 0 saturated carbocycles. The number of carbonyl (C=O) groups excluding carboxylic acids is 1. The summed E-state index contributed by atoms with van der Waals surface area (Å²) < 4.78 is 1.84. The monoisotopic (exact) mass is 463 g/mol. The molecule has 8 nitrogen and oxygen atoms in total. The van der Waals surface area contributed by atoms with E-state index in [-0.39, 0.29) is 11.8 Å². The van der Waals surface area contributed by atoms with Crippen molar-refractivity contribution >= 4 is 44.5 Å². The van der Waals surface area contributed by atoms with Crippen LogP contribution in [0.5, 0.6) is 0 Å². The zero-order chi connectivity index (χ0) is 22.9. The molecule has 1 atom stereocenters. The van der Waals surface area contributed by atoms with Crippen LogP contribution in [0.2, 0.25) is 0 Å². The van der Waals surface area contributed by atoms with E-state index < -0.39 is 0 Å². The van der Waals surface area contributed by atoms with E-state index in [2.05, 4.69) is 45.4 Å². The lowest BCUT2D eigenvalue weighted by atomic mass is 9.87. The Labute approximate surface area is 197 Å². The quantitative estimate of drug-likeness (QED) is 0.451.